The van der Waals surface area contributed by atoms with Gasteiger partial charge in [-0.2, -0.15) is 0 Å². The lowest BCUT2D eigenvalue weighted by molar-refractivity contribution is 0.111. The van der Waals surface area contributed by atoms with Gasteiger partial charge in [-0.15, -0.1) is 0 Å². The second kappa shape index (κ2) is 5.90. The van der Waals surface area contributed by atoms with E-state index in [1.165, 1.54) is 0 Å². The molecule has 0 saturated carbocycles. The highest BCUT2D eigenvalue weighted by molar-refractivity contribution is 7.91. The van der Waals surface area contributed by atoms with E-state index in [9.17, 15) is 8.42 Å². The maximum absolute atomic E-state index is 11.7. The van der Waals surface area contributed by atoms with Gasteiger partial charge in [0.05, 0.1) is 22.8 Å². The molecular formula is C13H20N2O3S. The lowest BCUT2D eigenvalue weighted by Crippen LogP contribution is -2.33. The Labute approximate surface area is 114 Å². The largest absolute Gasteiger partial charge is 0.378 e. The molecular weight excluding hydrogens is 264 g/mol. The Hall–Kier alpha value is -1.11. The second-order valence-electron chi connectivity index (χ2n) is 4.61. The number of ether oxygens (including phenoxy) is 1. The highest BCUT2D eigenvalue weighted by Crippen LogP contribution is 2.17. The zero-order valence-corrected chi connectivity index (χ0v) is 12.0. The molecule has 0 bridgehead atoms. The maximum atomic E-state index is 11.7. The minimum atomic E-state index is -3.12. The molecule has 5 nitrogen and oxygen atoms in total. The topological polar surface area (TPSA) is 67.4 Å². The fourth-order valence-corrected chi connectivity index (χ4v) is 3.07. The van der Waals surface area contributed by atoms with Crippen LogP contribution in [0.5, 0.6) is 0 Å². The molecule has 1 aliphatic rings. The molecule has 1 saturated heterocycles. The molecule has 1 fully saturated rings. The molecule has 2 N–H and O–H groups in total. The summed E-state index contributed by atoms with van der Waals surface area (Å²) in [5.41, 5.74) is 0.908. The molecule has 0 radical (unpaired) electrons. The van der Waals surface area contributed by atoms with Crippen LogP contribution in [0.4, 0.5) is 5.69 Å². The Balaban J connectivity index is 2.07. The highest BCUT2D eigenvalue weighted by atomic mass is 32.2. The van der Waals surface area contributed by atoms with Gasteiger partial charge in [0, 0.05) is 25.9 Å². The molecule has 0 aliphatic carbocycles. The van der Waals surface area contributed by atoms with Gasteiger partial charge in [-0.05, 0) is 24.3 Å². The number of sulfone groups is 1. The van der Waals surface area contributed by atoms with E-state index in [0.717, 1.165) is 18.8 Å². The second-order valence-corrected chi connectivity index (χ2v) is 6.89. The summed E-state index contributed by atoms with van der Waals surface area (Å²) in [6, 6.07) is 7.09. The van der Waals surface area contributed by atoms with Crippen molar-refractivity contribution in [1.29, 1.82) is 0 Å². The Kier molecular flexibility index (Phi) is 4.44. The summed E-state index contributed by atoms with van der Waals surface area (Å²) in [6.45, 7) is 3.32. The number of benzene rings is 1. The SMILES string of the molecule is CCS(=O)(=O)c1ccc(NC2CNC[C@@H]2OC)cc1. The van der Waals surface area contributed by atoms with Crippen molar-refractivity contribution in [3.63, 3.8) is 0 Å². The van der Waals surface area contributed by atoms with Crippen LogP contribution in [0.1, 0.15) is 6.92 Å². The monoisotopic (exact) mass is 284 g/mol. The van der Waals surface area contributed by atoms with Crippen LogP contribution >= 0.6 is 0 Å². The average Bonchev–Trinajstić information content (AvgIpc) is 2.86. The van der Waals surface area contributed by atoms with Gasteiger partial charge in [0.1, 0.15) is 0 Å². The van der Waals surface area contributed by atoms with Gasteiger partial charge < -0.3 is 15.4 Å². The first-order chi connectivity index (χ1) is 9.06. The Morgan fingerprint density at radius 2 is 2.00 bits per heavy atom. The zero-order chi connectivity index (χ0) is 13.9. The van der Waals surface area contributed by atoms with Crippen LogP contribution in [0.25, 0.3) is 0 Å². The number of hydrogen-bond acceptors (Lipinski definition) is 5. The fourth-order valence-electron chi connectivity index (χ4n) is 2.19. The summed E-state index contributed by atoms with van der Waals surface area (Å²) in [6.07, 6.45) is 0.138. The Morgan fingerprint density at radius 3 is 2.58 bits per heavy atom. The van der Waals surface area contributed by atoms with Gasteiger partial charge in [0.15, 0.2) is 9.84 Å². The van der Waals surface area contributed by atoms with Gasteiger partial charge in [-0.1, -0.05) is 6.92 Å². The van der Waals surface area contributed by atoms with Crippen molar-refractivity contribution in [3.05, 3.63) is 24.3 Å². The molecule has 1 aromatic carbocycles. The first kappa shape index (κ1) is 14.3. The lowest BCUT2D eigenvalue weighted by Gasteiger charge is -2.19. The Morgan fingerprint density at radius 1 is 1.32 bits per heavy atom. The molecule has 1 unspecified atom stereocenters. The molecule has 2 atom stereocenters. The summed E-state index contributed by atoms with van der Waals surface area (Å²) in [4.78, 5) is 0.369. The van der Waals surface area contributed by atoms with Crippen molar-refractivity contribution in [1.82, 2.24) is 5.32 Å². The third-order valence-electron chi connectivity index (χ3n) is 3.41. The van der Waals surface area contributed by atoms with Crippen molar-refractivity contribution in [3.8, 4) is 0 Å². The summed E-state index contributed by atoms with van der Waals surface area (Å²) < 4.78 is 28.8. The minimum Gasteiger partial charge on any atom is -0.378 e. The molecule has 2 rings (SSSR count). The highest BCUT2D eigenvalue weighted by Gasteiger charge is 2.26. The van der Waals surface area contributed by atoms with E-state index in [2.05, 4.69) is 10.6 Å². The lowest BCUT2D eigenvalue weighted by atomic mass is 10.2. The van der Waals surface area contributed by atoms with Crippen LogP contribution < -0.4 is 10.6 Å². The maximum Gasteiger partial charge on any atom is 0.178 e. The third kappa shape index (κ3) is 3.26. The van der Waals surface area contributed by atoms with Crippen molar-refractivity contribution in [2.75, 3.05) is 31.3 Å². The minimum absolute atomic E-state index is 0.123. The third-order valence-corrected chi connectivity index (χ3v) is 5.16. The fraction of sp³-hybridized carbons (Fsp3) is 0.538. The zero-order valence-electron chi connectivity index (χ0n) is 11.2. The van der Waals surface area contributed by atoms with E-state index in [4.69, 9.17) is 4.74 Å². The number of methoxy groups -OCH3 is 1. The molecule has 0 aromatic heterocycles. The smallest absolute Gasteiger partial charge is 0.178 e. The van der Waals surface area contributed by atoms with Gasteiger partial charge in [0.2, 0.25) is 0 Å². The first-order valence-corrected chi connectivity index (χ1v) is 8.05. The van der Waals surface area contributed by atoms with Gasteiger partial charge in [0.25, 0.3) is 0 Å². The molecule has 1 aromatic rings. The predicted molar refractivity (Wildman–Crippen MR) is 75.2 cm³/mol. The molecule has 0 amide bonds. The number of rotatable bonds is 5. The van der Waals surface area contributed by atoms with Crippen LogP contribution in [-0.2, 0) is 14.6 Å². The van der Waals surface area contributed by atoms with Gasteiger partial charge in [-0.3, -0.25) is 0 Å². The number of hydrogen-bond donors (Lipinski definition) is 2. The van der Waals surface area contributed by atoms with Crippen molar-refractivity contribution in [2.45, 2.75) is 24.0 Å². The van der Waals surface area contributed by atoms with E-state index in [1.807, 2.05) is 0 Å². The summed E-state index contributed by atoms with van der Waals surface area (Å²) in [7, 11) is -1.42. The van der Waals surface area contributed by atoms with Crippen molar-refractivity contribution >= 4 is 15.5 Å². The Bertz CT molecular complexity index is 513. The van der Waals surface area contributed by atoms with E-state index < -0.39 is 9.84 Å². The molecule has 106 valence electrons. The summed E-state index contributed by atoms with van der Waals surface area (Å²) in [5.74, 6) is 0.123. The van der Waals surface area contributed by atoms with Crippen LogP contribution in [0, 0.1) is 0 Å². The van der Waals surface area contributed by atoms with Gasteiger partial charge in [-0.25, -0.2) is 8.42 Å². The summed E-state index contributed by atoms with van der Waals surface area (Å²) >= 11 is 0. The van der Waals surface area contributed by atoms with Crippen molar-refractivity contribution in [2.24, 2.45) is 0 Å². The van der Waals surface area contributed by atoms with Crippen molar-refractivity contribution < 1.29 is 13.2 Å². The molecule has 0 spiro atoms. The predicted octanol–water partition coefficient (Wildman–Crippen LogP) is 0.879. The van der Waals surface area contributed by atoms with Crippen LogP contribution in [0.15, 0.2) is 29.2 Å². The van der Waals surface area contributed by atoms with E-state index in [-0.39, 0.29) is 17.9 Å². The average molecular weight is 284 g/mol. The quantitative estimate of drug-likeness (QED) is 0.840. The van der Waals surface area contributed by atoms with Crippen LogP contribution in [-0.4, -0.2) is 46.5 Å². The normalized spacial score (nSPS) is 23.5. The first-order valence-electron chi connectivity index (χ1n) is 6.39. The van der Waals surface area contributed by atoms with Gasteiger partial charge >= 0.3 is 0 Å². The molecule has 6 heteroatoms. The molecule has 1 heterocycles. The summed E-state index contributed by atoms with van der Waals surface area (Å²) in [5, 5.41) is 6.61. The number of anilines is 1. The van der Waals surface area contributed by atoms with Crippen LogP contribution in [0.3, 0.4) is 0 Å². The van der Waals surface area contributed by atoms with E-state index in [0.29, 0.717) is 4.90 Å². The van der Waals surface area contributed by atoms with E-state index in [1.54, 1.807) is 38.3 Å². The standard InChI is InChI=1S/C13H20N2O3S/c1-3-19(16,17)11-6-4-10(5-7-11)15-12-8-14-9-13(12)18-2/h4-7,12-15H,3,8-9H2,1-2H3/t12?,13-/m0/s1. The van der Waals surface area contributed by atoms with E-state index >= 15 is 0 Å². The number of nitrogens with one attached hydrogen (secondary N) is 2. The molecule has 1 aliphatic heterocycles. The molecule has 19 heavy (non-hydrogen) atoms. The van der Waals surface area contributed by atoms with Crippen LogP contribution in [0.2, 0.25) is 0 Å².